The van der Waals surface area contributed by atoms with E-state index in [1.165, 1.54) is 19.2 Å². The first-order valence-corrected chi connectivity index (χ1v) is 7.18. The van der Waals surface area contributed by atoms with E-state index >= 15 is 0 Å². The maximum Gasteiger partial charge on any atom is 0.294 e. The van der Waals surface area contributed by atoms with E-state index in [0.29, 0.717) is 11.3 Å². The number of nitrogens with zero attached hydrogens (tertiary/aromatic N) is 1. The molecular formula is C16H13NO8. The van der Waals surface area contributed by atoms with Crippen LogP contribution in [0.2, 0.25) is 0 Å². The summed E-state index contributed by atoms with van der Waals surface area (Å²) in [5.41, 5.74) is -0.0181. The van der Waals surface area contributed by atoms with Gasteiger partial charge in [-0.3, -0.25) is 4.79 Å². The van der Waals surface area contributed by atoms with Crippen LogP contribution in [0.15, 0.2) is 39.5 Å². The van der Waals surface area contributed by atoms with Crippen molar-refractivity contribution in [3.63, 3.8) is 0 Å². The Hall–Kier alpha value is -3.49. The van der Waals surface area contributed by atoms with E-state index in [0.717, 1.165) is 0 Å². The van der Waals surface area contributed by atoms with E-state index in [1.54, 1.807) is 18.2 Å². The predicted molar refractivity (Wildman–Crippen MR) is 86.6 cm³/mol. The molecule has 0 saturated heterocycles. The van der Waals surface area contributed by atoms with Crippen LogP contribution in [0.25, 0.3) is 21.9 Å². The summed E-state index contributed by atoms with van der Waals surface area (Å²) in [6.07, 6.45) is 0. The first kappa shape index (κ1) is 16.4. The van der Waals surface area contributed by atoms with E-state index in [9.17, 15) is 20.0 Å². The Labute approximate surface area is 140 Å². The molecule has 0 fully saturated rings. The first-order valence-electron chi connectivity index (χ1n) is 7.18. The fourth-order valence-electron chi connectivity index (χ4n) is 2.47. The number of ether oxygens (including phenoxy) is 2. The van der Waals surface area contributed by atoms with Gasteiger partial charge in [-0.15, -0.1) is 10.1 Å². The van der Waals surface area contributed by atoms with Crippen LogP contribution in [0.1, 0.15) is 0 Å². The summed E-state index contributed by atoms with van der Waals surface area (Å²) in [6.45, 7) is -0.387. The molecule has 0 radical (unpaired) electrons. The van der Waals surface area contributed by atoms with Crippen molar-refractivity contribution in [1.29, 1.82) is 0 Å². The van der Waals surface area contributed by atoms with Crippen LogP contribution in [0, 0.1) is 10.1 Å². The summed E-state index contributed by atoms with van der Waals surface area (Å²) in [4.78, 5) is 26.9. The van der Waals surface area contributed by atoms with Crippen LogP contribution < -0.4 is 14.9 Å². The molecular weight excluding hydrogens is 334 g/mol. The second-order valence-corrected chi connectivity index (χ2v) is 4.99. The molecule has 1 aromatic heterocycles. The number of phenolic OH excluding ortho intramolecular Hbond substituents is 1. The molecule has 130 valence electrons. The van der Waals surface area contributed by atoms with Crippen LogP contribution in [0.3, 0.4) is 0 Å². The summed E-state index contributed by atoms with van der Waals surface area (Å²) < 4.78 is 16.1. The highest BCUT2D eigenvalue weighted by molar-refractivity contribution is 5.96. The van der Waals surface area contributed by atoms with Gasteiger partial charge in [-0.2, -0.15) is 0 Å². The van der Waals surface area contributed by atoms with Crippen molar-refractivity contribution in [1.82, 2.24) is 0 Å². The summed E-state index contributed by atoms with van der Waals surface area (Å²) in [5, 5.41) is 19.5. The lowest BCUT2D eigenvalue weighted by molar-refractivity contribution is -0.757. The molecule has 0 aliphatic carbocycles. The third kappa shape index (κ3) is 3.11. The number of hydrogen-bond acceptors (Lipinski definition) is 8. The molecule has 0 aliphatic rings. The standard InChI is InChI=1S/C16H13NO8/c1-22-11-3-2-4-12-15(11)16(19)14-10(18)7-9(8-13(14)25-12)23-5-6-24-17(20)21/h2-4,7-8,18H,5-6H2,1H3. The molecule has 0 atom stereocenters. The lowest BCUT2D eigenvalue weighted by atomic mass is 10.1. The molecule has 3 aromatic rings. The van der Waals surface area contributed by atoms with Gasteiger partial charge in [0.1, 0.15) is 52.4 Å². The van der Waals surface area contributed by atoms with Crippen molar-refractivity contribution in [2.45, 2.75) is 0 Å². The number of fused-ring (bicyclic) bond motifs is 2. The van der Waals surface area contributed by atoms with Gasteiger partial charge in [0.15, 0.2) is 0 Å². The summed E-state index contributed by atoms with van der Waals surface area (Å²) in [6, 6.07) is 7.54. The number of hydrogen-bond donors (Lipinski definition) is 1. The molecule has 9 nitrogen and oxygen atoms in total. The Morgan fingerprint density at radius 2 is 2.00 bits per heavy atom. The van der Waals surface area contributed by atoms with Gasteiger partial charge in [0.05, 0.1) is 7.11 Å². The molecule has 0 saturated carbocycles. The number of aromatic hydroxyl groups is 1. The molecule has 1 heterocycles. The van der Waals surface area contributed by atoms with Crippen molar-refractivity contribution in [3.05, 3.63) is 50.7 Å². The normalized spacial score (nSPS) is 10.8. The van der Waals surface area contributed by atoms with Crippen molar-refractivity contribution in [3.8, 4) is 17.2 Å². The zero-order valence-electron chi connectivity index (χ0n) is 13.1. The van der Waals surface area contributed by atoms with Gasteiger partial charge in [0.2, 0.25) is 5.43 Å². The number of benzene rings is 2. The molecule has 3 rings (SSSR count). The molecule has 0 unspecified atom stereocenters. The highest BCUT2D eigenvalue weighted by Gasteiger charge is 2.16. The predicted octanol–water partition coefficient (Wildman–Crippen LogP) is 2.25. The van der Waals surface area contributed by atoms with E-state index in [2.05, 4.69) is 4.84 Å². The van der Waals surface area contributed by atoms with E-state index in [-0.39, 0.29) is 41.1 Å². The molecule has 9 heteroatoms. The van der Waals surface area contributed by atoms with Crippen LogP contribution in [0.5, 0.6) is 17.2 Å². The molecule has 1 N–H and O–H groups in total. The Morgan fingerprint density at radius 1 is 1.20 bits per heavy atom. The maximum absolute atomic E-state index is 12.7. The van der Waals surface area contributed by atoms with Gasteiger partial charge < -0.3 is 23.8 Å². The molecule has 0 bridgehead atoms. The number of phenols is 1. The molecule has 0 amide bonds. The largest absolute Gasteiger partial charge is 0.507 e. The first-order chi connectivity index (χ1) is 12.0. The Bertz CT molecular complexity index is 1010. The smallest absolute Gasteiger partial charge is 0.294 e. The van der Waals surface area contributed by atoms with Gasteiger partial charge in [0, 0.05) is 12.1 Å². The summed E-state index contributed by atoms with van der Waals surface area (Å²) in [7, 11) is 1.43. The zero-order valence-corrected chi connectivity index (χ0v) is 13.1. The SMILES string of the molecule is COc1cccc2oc3cc(OCCO[N+](=O)[O-])cc(O)c3c(=O)c12. The van der Waals surface area contributed by atoms with Crippen LogP contribution in [-0.2, 0) is 4.84 Å². The highest BCUT2D eigenvalue weighted by Crippen LogP contribution is 2.32. The highest BCUT2D eigenvalue weighted by atomic mass is 17.0. The Balaban J connectivity index is 2.05. The van der Waals surface area contributed by atoms with E-state index in [4.69, 9.17) is 13.9 Å². The van der Waals surface area contributed by atoms with Gasteiger partial charge in [-0.25, -0.2) is 0 Å². The van der Waals surface area contributed by atoms with Gasteiger partial charge in [0.25, 0.3) is 5.09 Å². The lowest BCUT2D eigenvalue weighted by Gasteiger charge is -2.09. The lowest BCUT2D eigenvalue weighted by Crippen LogP contribution is -2.10. The topological polar surface area (TPSA) is 121 Å². The minimum Gasteiger partial charge on any atom is -0.507 e. The van der Waals surface area contributed by atoms with E-state index in [1.807, 2.05) is 0 Å². The fourth-order valence-corrected chi connectivity index (χ4v) is 2.47. The minimum atomic E-state index is -0.931. The maximum atomic E-state index is 12.7. The van der Waals surface area contributed by atoms with Gasteiger partial charge in [-0.1, -0.05) is 6.07 Å². The van der Waals surface area contributed by atoms with Crippen LogP contribution >= 0.6 is 0 Å². The van der Waals surface area contributed by atoms with Crippen molar-refractivity contribution < 1.29 is 28.9 Å². The van der Waals surface area contributed by atoms with Gasteiger partial charge in [-0.05, 0) is 12.1 Å². The van der Waals surface area contributed by atoms with Crippen molar-refractivity contribution in [2.24, 2.45) is 0 Å². The minimum absolute atomic E-state index is 0.00843. The van der Waals surface area contributed by atoms with E-state index < -0.39 is 10.5 Å². The second kappa shape index (κ2) is 6.56. The van der Waals surface area contributed by atoms with Gasteiger partial charge >= 0.3 is 0 Å². The molecule has 25 heavy (non-hydrogen) atoms. The average Bonchev–Trinajstić information content (AvgIpc) is 2.57. The zero-order chi connectivity index (χ0) is 18.0. The Kier molecular flexibility index (Phi) is 4.29. The quantitative estimate of drug-likeness (QED) is 0.312. The second-order valence-electron chi connectivity index (χ2n) is 4.99. The van der Waals surface area contributed by atoms with Crippen LogP contribution in [-0.4, -0.2) is 30.5 Å². The van der Waals surface area contributed by atoms with Crippen molar-refractivity contribution in [2.75, 3.05) is 20.3 Å². The Morgan fingerprint density at radius 3 is 2.72 bits per heavy atom. The summed E-state index contributed by atoms with van der Waals surface area (Å²) >= 11 is 0. The van der Waals surface area contributed by atoms with Crippen LogP contribution in [0.4, 0.5) is 0 Å². The molecule has 2 aromatic carbocycles. The third-order valence-corrected chi connectivity index (χ3v) is 3.49. The fraction of sp³-hybridized carbons (Fsp3) is 0.188. The monoisotopic (exact) mass is 347 g/mol. The summed E-state index contributed by atoms with van der Waals surface area (Å²) in [5.74, 6) is 0.191. The molecule has 0 spiro atoms. The average molecular weight is 347 g/mol. The van der Waals surface area contributed by atoms with Crippen molar-refractivity contribution >= 4 is 21.9 Å². The third-order valence-electron chi connectivity index (χ3n) is 3.49. The number of rotatable bonds is 6. The number of methoxy groups -OCH3 is 1. The molecule has 0 aliphatic heterocycles.